The average molecular weight is 758 g/mol. The van der Waals surface area contributed by atoms with Crippen molar-refractivity contribution in [3.8, 4) is 44.9 Å². The highest BCUT2D eigenvalue weighted by Crippen LogP contribution is 2.43. The molecule has 0 spiro atoms. The fraction of sp³-hybridized carbons (Fsp3) is 0.0357. The van der Waals surface area contributed by atoms with Crippen LogP contribution in [-0.2, 0) is 12.8 Å². The molecule has 59 heavy (non-hydrogen) atoms. The largest absolute Gasteiger partial charge is 0.457 e. The molecule has 1 aliphatic heterocycles. The Balaban J connectivity index is 1.06. The number of rotatable bonds is 5. The summed E-state index contributed by atoms with van der Waals surface area (Å²) in [5.41, 5.74) is 16.9. The zero-order valence-corrected chi connectivity index (χ0v) is 32.4. The second-order valence-corrected chi connectivity index (χ2v) is 15.2. The second kappa shape index (κ2) is 14.7. The van der Waals surface area contributed by atoms with Gasteiger partial charge in [0.25, 0.3) is 0 Å². The van der Waals surface area contributed by atoms with Crippen molar-refractivity contribution < 1.29 is 9.15 Å². The molecule has 1 aliphatic rings. The van der Waals surface area contributed by atoms with E-state index in [-0.39, 0.29) is 0 Å². The van der Waals surface area contributed by atoms with E-state index < -0.39 is 0 Å². The van der Waals surface area contributed by atoms with Gasteiger partial charge < -0.3 is 14.1 Å². The quantitative estimate of drug-likeness (QED) is 0.175. The van der Waals surface area contributed by atoms with Crippen LogP contribution in [0.1, 0.15) is 22.3 Å². The molecule has 2 heterocycles. The Kier molecular flexibility index (Phi) is 8.63. The molecule has 0 amide bonds. The highest BCUT2D eigenvalue weighted by atomic mass is 16.5. The Labute approximate surface area is 344 Å². The molecule has 11 rings (SSSR count). The van der Waals surface area contributed by atoms with E-state index in [1.165, 1.54) is 38.9 Å². The Morgan fingerprint density at radius 1 is 0.339 bits per heavy atom. The third kappa shape index (κ3) is 6.43. The first-order valence-corrected chi connectivity index (χ1v) is 20.2. The zero-order valence-electron chi connectivity index (χ0n) is 32.4. The Morgan fingerprint density at radius 2 is 0.864 bits per heavy atom. The first kappa shape index (κ1) is 34.6. The predicted molar refractivity (Wildman–Crippen MR) is 243 cm³/mol. The maximum atomic E-state index is 6.74. The molecule has 280 valence electrons. The molecular weight excluding hydrogens is 719 g/mol. The van der Waals surface area contributed by atoms with Gasteiger partial charge in [0.1, 0.15) is 22.7 Å². The van der Waals surface area contributed by atoms with Crippen molar-refractivity contribution in [1.29, 1.82) is 0 Å². The van der Waals surface area contributed by atoms with E-state index in [4.69, 9.17) is 9.15 Å². The van der Waals surface area contributed by atoms with Gasteiger partial charge in [0.05, 0.1) is 0 Å². The van der Waals surface area contributed by atoms with Crippen molar-refractivity contribution in [2.45, 2.75) is 12.8 Å². The van der Waals surface area contributed by atoms with Crippen LogP contribution >= 0.6 is 0 Å². The van der Waals surface area contributed by atoms with Crippen LogP contribution in [0.25, 0.3) is 55.3 Å². The van der Waals surface area contributed by atoms with Gasteiger partial charge in [-0.1, -0.05) is 158 Å². The zero-order chi connectivity index (χ0) is 39.1. The molecule has 1 aromatic heterocycles. The summed E-state index contributed by atoms with van der Waals surface area (Å²) in [6.45, 7) is 0. The lowest BCUT2D eigenvalue weighted by atomic mass is 9.89. The van der Waals surface area contributed by atoms with Crippen LogP contribution < -0.4 is 9.64 Å². The maximum Gasteiger partial charge on any atom is 0.143 e. The predicted octanol–water partition coefficient (Wildman–Crippen LogP) is 15.3. The second-order valence-electron chi connectivity index (χ2n) is 15.2. The van der Waals surface area contributed by atoms with Crippen LogP contribution in [0.5, 0.6) is 11.5 Å². The molecule has 0 radical (unpaired) electrons. The van der Waals surface area contributed by atoms with Gasteiger partial charge >= 0.3 is 0 Å². The molecular formula is C56H39NO2. The van der Waals surface area contributed by atoms with Crippen molar-refractivity contribution in [2.75, 3.05) is 4.90 Å². The number of fused-ring (bicyclic) bond motifs is 8. The lowest BCUT2D eigenvalue weighted by molar-refractivity contribution is 0.472. The summed E-state index contributed by atoms with van der Waals surface area (Å²) in [6.07, 6.45) is 1.47. The van der Waals surface area contributed by atoms with Crippen molar-refractivity contribution in [2.24, 2.45) is 0 Å². The van der Waals surface area contributed by atoms with Gasteiger partial charge in [-0.2, -0.15) is 0 Å². The Morgan fingerprint density at radius 3 is 1.61 bits per heavy atom. The van der Waals surface area contributed by atoms with E-state index in [9.17, 15) is 0 Å². The lowest BCUT2D eigenvalue weighted by Crippen LogP contribution is -2.11. The van der Waals surface area contributed by atoms with Gasteiger partial charge in [-0.3, -0.25) is 0 Å². The first-order valence-electron chi connectivity index (χ1n) is 20.2. The fourth-order valence-corrected chi connectivity index (χ4v) is 8.74. The molecule has 9 aromatic carbocycles. The van der Waals surface area contributed by atoms with E-state index in [1.807, 2.05) is 12.1 Å². The average Bonchev–Trinajstić information content (AvgIpc) is 3.67. The molecule has 3 heteroatoms. The lowest BCUT2D eigenvalue weighted by Gasteiger charge is -2.27. The fourth-order valence-electron chi connectivity index (χ4n) is 8.74. The molecule has 0 N–H and O–H groups in total. The summed E-state index contributed by atoms with van der Waals surface area (Å²) >= 11 is 0. The number of anilines is 3. The Hall–Kier alpha value is -7.62. The number of ether oxygens (including phenoxy) is 1. The van der Waals surface area contributed by atoms with Gasteiger partial charge in [-0.25, -0.2) is 0 Å². The van der Waals surface area contributed by atoms with Gasteiger partial charge in [0.2, 0.25) is 0 Å². The van der Waals surface area contributed by atoms with Crippen LogP contribution in [0, 0.1) is 0 Å². The van der Waals surface area contributed by atoms with Crippen molar-refractivity contribution >= 4 is 39.0 Å². The number of nitrogens with zero attached hydrogens (tertiary/aromatic N) is 1. The van der Waals surface area contributed by atoms with Crippen LogP contribution in [-0.4, -0.2) is 0 Å². The minimum Gasteiger partial charge on any atom is -0.457 e. The van der Waals surface area contributed by atoms with Gasteiger partial charge in [-0.15, -0.1) is 0 Å². The highest BCUT2D eigenvalue weighted by molar-refractivity contribution is 6.09. The number of furan rings is 1. The SMILES string of the molecule is c1ccc(-c2ccc(N(c3ccc(-c4cccc5c4oc4ccccc45)cc3)c3ccc4c(c3)Cc3ccccc3Oc3ccccc3Cc3ccccc3-4)cc2)cc1. The topological polar surface area (TPSA) is 25.6 Å². The van der Waals surface area contributed by atoms with Crippen LogP contribution in [0.15, 0.2) is 217 Å². The molecule has 10 aromatic rings. The Bertz CT molecular complexity index is 3120. The normalized spacial score (nSPS) is 12.1. The molecule has 0 bridgehead atoms. The molecule has 3 nitrogen and oxygen atoms in total. The number of benzene rings is 9. The van der Waals surface area contributed by atoms with E-state index in [2.05, 4.69) is 205 Å². The molecule has 0 fully saturated rings. The molecule has 0 saturated carbocycles. The van der Waals surface area contributed by atoms with E-state index in [0.29, 0.717) is 6.42 Å². The third-order valence-corrected chi connectivity index (χ3v) is 11.7. The molecule has 0 aliphatic carbocycles. The van der Waals surface area contributed by atoms with E-state index in [1.54, 1.807) is 0 Å². The minimum absolute atomic E-state index is 0.705. The minimum atomic E-state index is 0.705. The van der Waals surface area contributed by atoms with Crippen LogP contribution in [0.3, 0.4) is 0 Å². The summed E-state index contributed by atoms with van der Waals surface area (Å²) in [6, 6.07) is 75.7. The standard InChI is InChI=1S/C56H39NO2/c1-2-13-38(14-3-1)39-25-29-45(30-26-39)57(46-31-27-40(28-32-46)50-20-12-21-52-51-19-8-11-24-55(51)59-56(50)52)47-33-34-49-44(37-47)36-43-17-6-10-23-54(43)58-53-22-9-5-16-42(53)35-41-15-4-7-18-48(41)49/h1-34,37H,35-36H2. The summed E-state index contributed by atoms with van der Waals surface area (Å²) in [4.78, 5) is 2.37. The number of para-hydroxylation sites is 4. The molecule has 0 unspecified atom stereocenters. The summed E-state index contributed by atoms with van der Waals surface area (Å²) in [5, 5.41) is 2.26. The molecule has 0 saturated heterocycles. The smallest absolute Gasteiger partial charge is 0.143 e. The summed E-state index contributed by atoms with van der Waals surface area (Å²) in [7, 11) is 0. The monoisotopic (exact) mass is 757 g/mol. The van der Waals surface area contributed by atoms with Gasteiger partial charge in [0, 0.05) is 46.2 Å². The van der Waals surface area contributed by atoms with E-state index >= 15 is 0 Å². The number of hydrogen-bond donors (Lipinski definition) is 0. The van der Waals surface area contributed by atoms with Crippen LogP contribution in [0.4, 0.5) is 17.1 Å². The van der Waals surface area contributed by atoms with Crippen LogP contribution in [0.2, 0.25) is 0 Å². The van der Waals surface area contributed by atoms with Crippen molar-refractivity contribution in [3.63, 3.8) is 0 Å². The highest BCUT2D eigenvalue weighted by Gasteiger charge is 2.21. The summed E-state index contributed by atoms with van der Waals surface area (Å²) in [5.74, 6) is 1.78. The maximum absolute atomic E-state index is 6.74. The summed E-state index contributed by atoms with van der Waals surface area (Å²) < 4.78 is 13.2. The van der Waals surface area contributed by atoms with Crippen molar-refractivity contribution in [1.82, 2.24) is 0 Å². The molecule has 0 atom stereocenters. The van der Waals surface area contributed by atoms with Crippen molar-refractivity contribution in [3.05, 3.63) is 235 Å². The number of hydrogen-bond acceptors (Lipinski definition) is 3. The van der Waals surface area contributed by atoms with Gasteiger partial charge in [-0.05, 0) is 105 Å². The first-order chi connectivity index (χ1) is 29.2. The van der Waals surface area contributed by atoms with Gasteiger partial charge in [0.15, 0.2) is 0 Å². The third-order valence-electron chi connectivity index (χ3n) is 11.7. The van der Waals surface area contributed by atoms with E-state index in [0.717, 1.165) is 73.6 Å².